The van der Waals surface area contributed by atoms with Gasteiger partial charge in [0.05, 0.1) is 6.42 Å². The van der Waals surface area contributed by atoms with Crippen LogP contribution in [0.2, 0.25) is 5.02 Å². The Morgan fingerprint density at radius 2 is 2.26 bits per heavy atom. The summed E-state index contributed by atoms with van der Waals surface area (Å²) in [7, 11) is 0. The highest BCUT2D eigenvalue weighted by atomic mass is 35.5. The average Bonchev–Trinajstić information content (AvgIpc) is 2.32. The van der Waals surface area contributed by atoms with E-state index in [1.54, 1.807) is 6.07 Å². The molecule has 1 saturated heterocycles. The Kier molecular flexibility index (Phi) is 4.10. The molecular formula is C14H16ClNO3. The predicted octanol–water partition coefficient (Wildman–Crippen LogP) is 2.42. The summed E-state index contributed by atoms with van der Waals surface area (Å²) in [6, 6.07) is 7.48. The van der Waals surface area contributed by atoms with Crippen LogP contribution in [0.3, 0.4) is 0 Å². The van der Waals surface area contributed by atoms with Crippen LogP contribution in [0.15, 0.2) is 24.3 Å². The Morgan fingerprint density at radius 3 is 2.89 bits per heavy atom. The first-order chi connectivity index (χ1) is 8.97. The second-order valence-electron chi connectivity index (χ2n) is 4.99. The molecule has 1 aliphatic heterocycles. The number of benzene rings is 1. The third-order valence-corrected chi connectivity index (χ3v) is 3.82. The van der Waals surface area contributed by atoms with Gasteiger partial charge >= 0.3 is 5.97 Å². The van der Waals surface area contributed by atoms with Gasteiger partial charge in [-0.2, -0.15) is 0 Å². The molecule has 102 valence electrons. The predicted molar refractivity (Wildman–Crippen MR) is 72.2 cm³/mol. The van der Waals surface area contributed by atoms with Crippen LogP contribution in [0.1, 0.15) is 31.2 Å². The van der Waals surface area contributed by atoms with Crippen molar-refractivity contribution in [3.8, 4) is 0 Å². The maximum absolute atomic E-state index is 11.8. The van der Waals surface area contributed by atoms with Crippen molar-refractivity contribution in [3.63, 3.8) is 0 Å². The largest absolute Gasteiger partial charge is 0.481 e. The van der Waals surface area contributed by atoms with Crippen LogP contribution >= 0.6 is 11.6 Å². The molecule has 2 N–H and O–H groups in total. The number of hydrogen-bond donors (Lipinski definition) is 2. The van der Waals surface area contributed by atoms with Crippen molar-refractivity contribution < 1.29 is 14.7 Å². The molecule has 4 nitrogen and oxygen atoms in total. The van der Waals surface area contributed by atoms with Gasteiger partial charge in [-0.15, -0.1) is 0 Å². The van der Waals surface area contributed by atoms with E-state index < -0.39 is 11.9 Å². The van der Waals surface area contributed by atoms with Gasteiger partial charge in [0.1, 0.15) is 0 Å². The van der Waals surface area contributed by atoms with E-state index >= 15 is 0 Å². The SMILES string of the molecule is C[C@@H]1NC(=O)[C@@H](CC(=O)O)C[C@@H]1c1cccc(Cl)c1. The number of carbonyl (C=O) groups excluding carboxylic acids is 1. The Hall–Kier alpha value is -1.55. The number of nitrogens with one attached hydrogen (secondary N) is 1. The average molecular weight is 282 g/mol. The monoisotopic (exact) mass is 281 g/mol. The molecule has 0 unspecified atom stereocenters. The Labute approximate surface area is 116 Å². The number of amides is 1. The minimum Gasteiger partial charge on any atom is -0.481 e. The van der Waals surface area contributed by atoms with E-state index in [9.17, 15) is 9.59 Å². The van der Waals surface area contributed by atoms with Crippen molar-refractivity contribution in [2.24, 2.45) is 5.92 Å². The molecule has 5 heteroatoms. The summed E-state index contributed by atoms with van der Waals surface area (Å²) in [6.07, 6.45) is 0.412. The van der Waals surface area contributed by atoms with E-state index in [2.05, 4.69) is 5.32 Å². The molecule has 19 heavy (non-hydrogen) atoms. The van der Waals surface area contributed by atoms with Gasteiger partial charge in [-0.3, -0.25) is 9.59 Å². The fraction of sp³-hybridized carbons (Fsp3) is 0.429. The number of carbonyl (C=O) groups is 2. The third-order valence-electron chi connectivity index (χ3n) is 3.58. The number of carboxylic acids is 1. The van der Waals surface area contributed by atoms with Crippen LogP contribution in [0.25, 0.3) is 0 Å². The van der Waals surface area contributed by atoms with E-state index in [1.165, 1.54) is 0 Å². The molecule has 0 spiro atoms. The van der Waals surface area contributed by atoms with Crippen LogP contribution in [0.4, 0.5) is 0 Å². The fourth-order valence-corrected chi connectivity index (χ4v) is 2.81. The van der Waals surface area contributed by atoms with E-state index in [0.717, 1.165) is 5.56 Å². The minimum absolute atomic E-state index is 0.0176. The summed E-state index contributed by atoms with van der Waals surface area (Å²) < 4.78 is 0. The summed E-state index contributed by atoms with van der Waals surface area (Å²) in [5.74, 6) is -1.49. The number of hydrogen-bond acceptors (Lipinski definition) is 2. The van der Waals surface area contributed by atoms with Gasteiger partial charge in [-0.1, -0.05) is 23.7 Å². The fourth-order valence-electron chi connectivity index (χ4n) is 2.61. The van der Waals surface area contributed by atoms with Gasteiger partial charge < -0.3 is 10.4 Å². The molecule has 3 atom stereocenters. The normalized spacial score (nSPS) is 26.8. The highest BCUT2D eigenvalue weighted by Crippen LogP contribution is 2.33. The molecule has 0 aromatic heterocycles. The number of rotatable bonds is 3. The molecule has 1 heterocycles. The molecule has 1 amide bonds. The summed E-state index contributed by atoms with van der Waals surface area (Å²) in [5, 5.41) is 12.4. The van der Waals surface area contributed by atoms with Gasteiger partial charge in [0, 0.05) is 22.9 Å². The second-order valence-corrected chi connectivity index (χ2v) is 5.43. The third kappa shape index (κ3) is 3.26. The smallest absolute Gasteiger partial charge is 0.304 e. The Bertz CT molecular complexity index is 503. The summed E-state index contributed by atoms with van der Waals surface area (Å²) >= 11 is 5.98. The lowest BCUT2D eigenvalue weighted by Crippen LogP contribution is -2.47. The molecule has 2 rings (SSSR count). The van der Waals surface area contributed by atoms with Gasteiger partial charge in [0.15, 0.2) is 0 Å². The first-order valence-corrected chi connectivity index (χ1v) is 6.63. The zero-order valence-corrected chi connectivity index (χ0v) is 11.4. The summed E-state index contributed by atoms with van der Waals surface area (Å²) in [5.41, 5.74) is 1.04. The highest BCUT2D eigenvalue weighted by Gasteiger charge is 2.35. The molecule has 1 aromatic rings. The number of aliphatic carboxylic acids is 1. The first-order valence-electron chi connectivity index (χ1n) is 6.25. The van der Waals surface area contributed by atoms with Crippen LogP contribution in [-0.2, 0) is 9.59 Å². The van der Waals surface area contributed by atoms with Crippen LogP contribution < -0.4 is 5.32 Å². The lowest BCUT2D eigenvalue weighted by atomic mass is 9.79. The number of carboxylic acid groups (broad SMARTS) is 1. The quantitative estimate of drug-likeness (QED) is 0.894. The lowest BCUT2D eigenvalue weighted by Gasteiger charge is -2.34. The van der Waals surface area contributed by atoms with Gasteiger partial charge in [-0.05, 0) is 31.0 Å². The molecule has 0 radical (unpaired) electrons. The van der Waals surface area contributed by atoms with Gasteiger partial charge in [-0.25, -0.2) is 0 Å². The maximum Gasteiger partial charge on any atom is 0.304 e. The number of halogens is 1. The summed E-state index contributed by atoms with van der Waals surface area (Å²) in [4.78, 5) is 22.6. The van der Waals surface area contributed by atoms with Crippen LogP contribution in [0.5, 0.6) is 0 Å². The second kappa shape index (κ2) is 5.61. The first kappa shape index (κ1) is 13.9. The minimum atomic E-state index is -0.945. The molecular weight excluding hydrogens is 266 g/mol. The molecule has 1 aliphatic rings. The van der Waals surface area contributed by atoms with Crippen LogP contribution in [0, 0.1) is 5.92 Å². The Balaban J connectivity index is 2.20. The van der Waals surface area contributed by atoms with E-state index in [1.807, 2.05) is 25.1 Å². The molecule has 0 saturated carbocycles. The maximum atomic E-state index is 11.8. The molecule has 1 fully saturated rings. The van der Waals surface area contributed by atoms with E-state index in [-0.39, 0.29) is 24.3 Å². The van der Waals surface area contributed by atoms with Crippen molar-refractivity contribution in [1.29, 1.82) is 0 Å². The zero-order chi connectivity index (χ0) is 14.0. The number of piperidine rings is 1. The van der Waals surface area contributed by atoms with E-state index in [0.29, 0.717) is 11.4 Å². The summed E-state index contributed by atoms with van der Waals surface area (Å²) in [6.45, 7) is 1.93. The van der Waals surface area contributed by atoms with Crippen molar-refractivity contribution in [3.05, 3.63) is 34.9 Å². The molecule has 0 bridgehead atoms. The van der Waals surface area contributed by atoms with Crippen molar-refractivity contribution >= 4 is 23.5 Å². The topological polar surface area (TPSA) is 66.4 Å². The van der Waals surface area contributed by atoms with Crippen molar-refractivity contribution in [2.75, 3.05) is 0 Å². The van der Waals surface area contributed by atoms with Crippen LogP contribution in [-0.4, -0.2) is 23.0 Å². The standard InChI is InChI=1S/C14H16ClNO3/c1-8-12(9-3-2-4-11(15)5-9)6-10(7-13(17)18)14(19)16-8/h2-5,8,10,12H,6-7H2,1H3,(H,16,19)(H,17,18)/t8-,10+,12-/m0/s1. The lowest BCUT2D eigenvalue weighted by molar-refractivity contribution is -0.142. The molecule has 1 aromatic carbocycles. The van der Waals surface area contributed by atoms with Crippen molar-refractivity contribution in [1.82, 2.24) is 5.32 Å². The Morgan fingerprint density at radius 1 is 1.53 bits per heavy atom. The van der Waals surface area contributed by atoms with Gasteiger partial charge in [0.25, 0.3) is 0 Å². The van der Waals surface area contributed by atoms with Crippen molar-refractivity contribution in [2.45, 2.75) is 31.7 Å². The molecule has 0 aliphatic carbocycles. The highest BCUT2D eigenvalue weighted by molar-refractivity contribution is 6.30. The zero-order valence-electron chi connectivity index (χ0n) is 10.6. The van der Waals surface area contributed by atoms with Gasteiger partial charge in [0.2, 0.25) is 5.91 Å². The van der Waals surface area contributed by atoms with E-state index in [4.69, 9.17) is 16.7 Å².